The maximum atomic E-state index is 11.0. The topological polar surface area (TPSA) is 80.9 Å². The van der Waals surface area contributed by atoms with Crippen molar-refractivity contribution in [1.82, 2.24) is 20.2 Å². The van der Waals surface area contributed by atoms with Crippen molar-refractivity contribution >= 4 is 40.2 Å². The summed E-state index contributed by atoms with van der Waals surface area (Å²) in [5.41, 5.74) is 0.805. The second-order valence-electron chi connectivity index (χ2n) is 4.61. The number of rotatable bonds is 6. The van der Waals surface area contributed by atoms with Gasteiger partial charge in [0.05, 0.1) is 12.5 Å². The minimum atomic E-state index is -0.865. The summed E-state index contributed by atoms with van der Waals surface area (Å²) in [4.78, 5) is 11.0. The molecular weight excluding hydrogens is 407 g/mol. The molecule has 1 atom stereocenters. The minimum Gasteiger partial charge on any atom is -0.481 e. The van der Waals surface area contributed by atoms with Gasteiger partial charge in [-0.1, -0.05) is 24.9 Å². The van der Waals surface area contributed by atoms with E-state index in [1.54, 1.807) is 16.8 Å². The zero-order valence-corrected chi connectivity index (χ0v) is 14.2. The smallest absolute Gasteiger partial charge is 0.305 e. The molecule has 2 aromatic rings. The third kappa shape index (κ3) is 3.91. The average molecular weight is 421 g/mol. The third-order valence-corrected chi connectivity index (χ3v) is 4.22. The lowest BCUT2D eigenvalue weighted by atomic mass is 10.1. The van der Waals surface area contributed by atoms with Gasteiger partial charge in [-0.15, -0.1) is 5.10 Å². The Morgan fingerprint density at radius 3 is 2.95 bits per heavy atom. The summed E-state index contributed by atoms with van der Waals surface area (Å²) in [5.74, 6) is -0.322. The van der Waals surface area contributed by atoms with Gasteiger partial charge in [0.2, 0.25) is 0 Å². The molecule has 8 heteroatoms. The summed E-state index contributed by atoms with van der Waals surface area (Å²) < 4.78 is 2.55. The summed E-state index contributed by atoms with van der Waals surface area (Å²) in [6, 6.07) is 5.19. The number of aromatic nitrogens is 4. The summed E-state index contributed by atoms with van der Waals surface area (Å²) >= 11 is 8.22. The van der Waals surface area contributed by atoms with Gasteiger partial charge in [0.25, 0.3) is 0 Å². The van der Waals surface area contributed by atoms with Crippen molar-refractivity contribution in [2.75, 3.05) is 0 Å². The van der Waals surface area contributed by atoms with Crippen LogP contribution >= 0.6 is 34.2 Å². The van der Waals surface area contributed by atoms with Crippen molar-refractivity contribution < 1.29 is 9.90 Å². The number of aliphatic carboxylic acids is 1. The van der Waals surface area contributed by atoms with Crippen LogP contribution in [0, 0.1) is 3.57 Å². The van der Waals surface area contributed by atoms with E-state index in [1.165, 1.54) is 0 Å². The highest BCUT2D eigenvalue weighted by Gasteiger charge is 2.21. The molecule has 1 unspecified atom stereocenters. The number of benzene rings is 1. The first-order valence-electron chi connectivity index (χ1n) is 6.48. The maximum Gasteiger partial charge on any atom is 0.305 e. The highest BCUT2D eigenvalue weighted by Crippen LogP contribution is 2.29. The Morgan fingerprint density at radius 1 is 1.52 bits per heavy atom. The SMILES string of the molecule is CCCC(CC(=O)O)n1nnnc1-c1cc(Cl)ccc1I. The van der Waals surface area contributed by atoms with E-state index in [0.29, 0.717) is 17.3 Å². The standard InChI is InChI=1S/C13H14ClIN4O2/c1-2-3-9(7-12(20)21)19-13(16-17-18-19)10-6-8(14)4-5-11(10)15/h4-6,9H,2-3,7H2,1H3,(H,20,21). The van der Waals surface area contributed by atoms with Crippen LogP contribution in [-0.4, -0.2) is 31.3 Å². The molecule has 0 aliphatic carbocycles. The van der Waals surface area contributed by atoms with Crippen molar-refractivity contribution in [1.29, 1.82) is 0 Å². The summed E-state index contributed by atoms with van der Waals surface area (Å²) in [6.07, 6.45) is 1.54. The Balaban J connectivity index is 2.45. The largest absolute Gasteiger partial charge is 0.481 e. The van der Waals surface area contributed by atoms with Gasteiger partial charge in [-0.25, -0.2) is 4.68 Å². The molecule has 2 rings (SSSR count). The van der Waals surface area contributed by atoms with Gasteiger partial charge < -0.3 is 5.11 Å². The molecule has 1 aromatic heterocycles. The minimum absolute atomic E-state index is 0.0109. The van der Waals surface area contributed by atoms with Gasteiger partial charge in [-0.2, -0.15) is 0 Å². The summed E-state index contributed by atoms with van der Waals surface area (Å²) in [5, 5.41) is 21.4. The molecule has 1 N–H and O–H groups in total. The van der Waals surface area contributed by atoms with Crippen LogP contribution in [0.4, 0.5) is 0 Å². The van der Waals surface area contributed by atoms with E-state index in [9.17, 15) is 4.79 Å². The second kappa shape index (κ2) is 7.17. The van der Waals surface area contributed by atoms with Crippen LogP contribution in [0.25, 0.3) is 11.4 Å². The summed E-state index contributed by atoms with van der Waals surface area (Å²) in [6.45, 7) is 2.00. The Labute approximate surface area is 140 Å². The van der Waals surface area contributed by atoms with Crippen molar-refractivity contribution in [3.05, 3.63) is 26.8 Å². The molecule has 6 nitrogen and oxygen atoms in total. The van der Waals surface area contributed by atoms with Crippen LogP contribution < -0.4 is 0 Å². The number of tetrazole rings is 1. The van der Waals surface area contributed by atoms with Gasteiger partial charge in [0.1, 0.15) is 0 Å². The van der Waals surface area contributed by atoms with E-state index < -0.39 is 5.97 Å². The van der Waals surface area contributed by atoms with Crippen molar-refractivity contribution in [2.45, 2.75) is 32.2 Å². The van der Waals surface area contributed by atoms with Crippen LogP contribution in [0.3, 0.4) is 0 Å². The molecule has 0 saturated carbocycles. The lowest BCUT2D eigenvalue weighted by Gasteiger charge is -2.16. The predicted octanol–water partition coefficient (Wildman–Crippen LogP) is 3.41. The van der Waals surface area contributed by atoms with E-state index in [2.05, 4.69) is 38.1 Å². The predicted molar refractivity (Wildman–Crippen MR) is 87.2 cm³/mol. The van der Waals surface area contributed by atoms with Crippen molar-refractivity contribution in [3.63, 3.8) is 0 Å². The quantitative estimate of drug-likeness (QED) is 0.724. The molecule has 0 fully saturated rings. The summed E-state index contributed by atoms with van der Waals surface area (Å²) in [7, 11) is 0. The maximum absolute atomic E-state index is 11.0. The zero-order chi connectivity index (χ0) is 15.4. The number of hydrogen-bond acceptors (Lipinski definition) is 4. The van der Waals surface area contributed by atoms with E-state index in [-0.39, 0.29) is 12.5 Å². The van der Waals surface area contributed by atoms with Crippen LogP contribution in [0.2, 0.25) is 5.02 Å². The number of hydrogen-bond donors (Lipinski definition) is 1. The molecule has 0 bridgehead atoms. The first-order valence-corrected chi connectivity index (χ1v) is 7.93. The monoisotopic (exact) mass is 420 g/mol. The zero-order valence-electron chi connectivity index (χ0n) is 11.3. The normalized spacial score (nSPS) is 12.3. The Bertz CT molecular complexity index is 647. The molecule has 0 spiro atoms. The highest BCUT2D eigenvalue weighted by molar-refractivity contribution is 14.1. The van der Waals surface area contributed by atoms with Gasteiger partial charge in [0.15, 0.2) is 5.82 Å². The first-order chi connectivity index (χ1) is 10.0. The van der Waals surface area contributed by atoms with Gasteiger partial charge in [-0.3, -0.25) is 4.79 Å². The van der Waals surface area contributed by atoms with Gasteiger partial charge in [-0.05, 0) is 57.6 Å². The fourth-order valence-electron chi connectivity index (χ4n) is 2.13. The lowest BCUT2D eigenvalue weighted by Crippen LogP contribution is -2.16. The average Bonchev–Trinajstić information content (AvgIpc) is 2.89. The number of halogens is 2. The van der Waals surface area contributed by atoms with E-state index in [1.807, 2.05) is 13.0 Å². The molecule has 0 saturated heterocycles. The van der Waals surface area contributed by atoms with E-state index >= 15 is 0 Å². The molecule has 1 aromatic carbocycles. The van der Waals surface area contributed by atoms with E-state index in [4.69, 9.17) is 16.7 Å². The molecule has 0 amide bonds. The highest BCUT2D eigenvalue weighted by atomic mass is 127. The number of carbonyl (C=O) groups is 1. The Hall–Kier alpha value is -1.22. The molecule has 0 aliphatic rings. The van der Waals surface area contributed by atoms with Crippen LogP contribution in [0.5, 0.6) is 0 Å². The molecule has 21 heavy (non-hydrogen) atoms. The number of carboxylic acid groups (broad SMARTS) is 1. The Kier molecular flexibility index (Phi) is 5.51. The van der Waals surface area contributed by atoms with Crippen LogP contribution in [-0.2, 0) is 4.79 Å². The second-order valence-corrected chi connectivity index (χ2v) is 6.21. The fourth-order valence-corrected chi connectivity index (χ4v) is 2.88. The molecule has 112 valence electrons. The van der Waals surface area contributed by atoms with Crippen LogP contribution in [0.15, 0.2) is 18.2 Å². The number of carboxylic acids is 1. The lowest BCUT2D eigenvalue weighted by molar-refractivity contribution is -0.138. The van der Waals surface area contributed by atoms with Gasteiger partial charge >= 0.3 is 5.97 Å². The molecule has 1 heterocycles. The first kappa shape index (κ1) is 16.2. The molecule has 0 aliphatic heterocycles. The van der Waals surface area contributed by atoms with Crippen molar-refractivity contribution in [2.24, 2.45) is 0 Å². The Morgan fingerprint density at radius 2 is 2.29 bits per heavy atom. The fraction of sp³-hybridized carbons (Fsp3) is 0.385. The molecular formula is C13H14ClIN4O2. The van der Waals surface area contributed by atoms with Crippen LogP contribution in [0.1, 0.15) is 32.2 Å². The third-order valence-electron chi connectivity index (χ3n) is 3.04. The number of nitrogens with zero attached hydrogens (tertiary/aromatic N) is 4. The molecule has 0 radical (unpaired) electrons. The van der Waals surface area contributed by atoms with E-state index in [0.717, 1.165) is 15.6 Å². The van der Waals surface area contributed by atoms with Gasteiger partial charge in [0, 0.05) is 14.2 Å². The van der Waals surface area contributed by atoms with Crippen molar-refractivity contribution in [3.8, 4) is 11.4 Å².